The van der Waals surface area contributed by atoms with Gasteiger partial charge in [0.25, 0.3) is 0 Å². The normalized spacial score (nSPS) is 24.6. The molecule has 5 aromatic rings. The van der Waals surface area contributed by atoms with E-state index in [4.69, 9.17) is 15.0 Å². The zero-order valence-corrected chi connectivity index (χ0v) is 29.3. The van der Waals surface area contributed by atoms with Crippen LogP contribution in [-0.2, 0) is 6.42 Å². The van der Waals surface area contributed by atoms with Gasteiger partial charge in [0.05, 0.1) is 24.6 Å². The van der Waals surface area contributed by atoms with Crippen molar-refractivity contribution in [1.29, 1.82) is 0 Å². The SMILES string of the molecule is CCc1cnn([C@H]2C[C@@H](n3cnc4c(NCC(c5ccccc5)c5ccccc5)nc(N5CC[C@@H](NC(=O)N[C@@H]6CCNC6)C5)nc43)[C@H](O)[C@@H]2O)c1. The number of rotatable bonds is 11. The molecule has 5 heterocycles. The average Bonchev–Trinajstić information content (AvgIpc) is 4.02. The monoisotopic (exact) mass is 705 g/mol. The molecule has 0 bridgehead atoms. The highest BCUT2D eigenvalue weighted by atomic mass is 16.3. The quantitative estimate of drug-likeness (QED) is 0.120. The third-order valence-electron chi connectivity index (χ3n) is 10.9. The van der Waals surface area contributed by atoms with E-state index < -0.39 is 24.3 Å². The molecule has 2 amide bonds. The van der Waals surface area contributed by atoms with Crippen LogP contribution in [0.5, 0.6) is 0 Å². The Balaban J connectivity index is 1.10. The largest absolute Gasteiger partial charge is 0.388 e. The summed E-state index contributed by atoms with van der Waals surface area (Å²) < 4.78 is 3.65. The number of aliphatic hydroxyl groups excluding tert-OH is 2. The second-order valence-corrected chi connectivity index (χ2v) is 14.2. The molecule has 2 aromatic carbocycles. The Kier molecular flexibility index (Phi) is 9.76. The van der Waals surface area contributed by atoms with Gasteiger partial charge in [-0.25, -0.2) is 9.78 Å². The third kappa shape index (κ3) is 6.93. The van der Waals surface area contributed by atoms with Gasteiger partial charge in [0.1, 0.15) is 12.2 Å². The number of urea groups is 1. The molecule has 272 valence electrons. The summed E-state index contributed by atoms with van der Waals surface area (Å²) in [6.45, 7) is 5.53. The molecule has 8 rings (SSSR count). The number of hydrogen-bond donors (Lipinski definition) is 6. The number of benzene rings is 2. The van der Waals surface area contributed by atoms with Crippen LogP contribution in [-0.4, -0.2) is 103 Å². The van der Waals surface area contributed by atoms with Crippen molar-refractivity contribution < 1.29 is 15.0 Å². The summed E-state index contributed by atoms with van der Waals surface area (Å²) in [5.74, 6) is 1.14. The molecule has 0 spiro atoms. The number of nitrogens with zero attached hydrogens (tertiary/aromatic N) is 7. The maximum atomic E-state index is 12.8. The Hall–Kier alpha value is -5.05. The molecule has 1 saturated carbocycles. The van der Waals surface area contributed by atoms with E-state index in [1.807, 2.05) is 29.1 Å². The number of anilines is 2. The third-order valence-corrected chi connectivity index (χ3v) is 10.9. The summed E-state index contributed by atoms with van der Waals surface area (Å²) in [4.78, 5) is 29.8. The standard InChI is InChI=1S/C38H47N11O3/c1-2-24-18-42-49(21-24)31-17-30(33(50)34(31)51)48-23-41-32-35(40-20-29(25-9-5-3-6-10-25)26-11-7-4-8-12-26)45-37(46-36(32)48)47-16-14-28(22-47)44-38(52)43-27-13-15-39-19-27/h3-12,18,21,23,27-31,33-34,39,50-51H,2,13-17,19-20,22H2,1H3,(H,40,45,46)(H2,43,44,52)/t27-,28-,30-,31+,33+,34-/m1/s1. The number of amides is 2. The predicted octanol–water partition coefficient (Wildman–Crippen LogP) is 2.98. The van der Waals surface area contributed by atoms with Gasteiger partial charge in [0.2, 0.25) is 5.95 Å². The molecule has 1 aliphatic carbocycles. The molecular weight excluding hydrogens is 658 g/mol. The molecular formula is C38H47N11O3. The molecule has 14 nitrogen and oxygen atoms in total. The minimum absolute atomic E-state index is 0.0431. The van der Waals surface area contributed by atoms with E-state index in [2.05, 4.69) is 86.7 Å². The maximum absolute atomic E-state index is 12.8. The first-order chi connectivity index (χ1) is 25.4. The van der Waals surface area contributed by atoms with Crippen LogP contribution in [0, 0.1) is 0 Å². The Labute approximate surface area is 302 Å². The highest BCUT2D eigenvalue weighted by Gasteiger charge is 2.44. The molecule has 3 fully saturated rings. The van der Waals surface area contributed by atoms with Gasteiger partial charge >= 0.3 is 6.03 Å². The highest BCUT2D eigenvalue weighted by molar-refractivity contribution is 5.84. The lowest BCUT2D eigenvalue weighted by molar-refractivity contribution is 0.00721. The van der Waals surface area contributed by atoms with Crippen molar-refractivity contribution in [3.8, 4) is 0 Å². The smallest absolute Gasteiger partial charge is 0.315 e. The fraction of sp³-hybridized carbons (Fsp3) is 0.447. The summed E-state index contributed by atoms with van der Waals surface area (Å²) >= 11 is 0. The van der Waals surface area contributed by atoms with Crippen molar-refractivity contribution in [2.75, 3.05) is 42.9 Å². The summed E-state index contributed by atoms with van der Waals surface area (Å²) in [6.07, 6.45) is 6.34. The van der Waals surface area contributed by atoms with Crippen LogP contribution in [0.4, 0.5) is 16.6 Å². The van der Waals surface area contributed by atoms with Gasteiger partial charge < -0.3 is 40.9 Å². The molecule has 52 heavy (non-hydrogen) atoms. The minimum Gasteiger partial charge on any atom is -0.388 e. The van der Waals surface area contributed by atoms with E-state index in [1.54, 1.807) is 11.0 Å². The van der Waals surface area contributed by atoms with Crippen LogP contribution < -0.4 is 26.2 Å². The molecule has 6 N–H and O–H groups in total. The van der Waals surface area contributed by atoms with Crippen molar-refractivity contribution in [2.45, 2.75) is 74.9 Å². The van der Waals surface area contributed by atoms with Crippen LogP contribution >= 0.6 is 0 Å². The Morgan fingerprint density at radius 3 is 2.38 bits per heavy atom. The first-order valence-electron chi connectivity index (χ1n) is 18.4. The van der Waals surface area contributed by atoms with Crippen LogP contribution in [0.3, 0.4) is 0 Å². The lowest BCUT2D eigenvalue weighted by Gasteiger charge is -2.22. The van der Waals surface area contributed by atoms with E-state index in [1.165, 1.54) is 11.1 Å². The van der Waals surface area contributed by atoms with E-state index in [9.17, 15) is 15.0 Å². The van der Waals surface area contributed by atoms with Crippen LogP contribution in [0.2, 0.25) is 0 Å². The predicted molar refractivity (Wildman–Crippen MR) is 198 cm³/mol. The Morgan fingerprint density at radius 1 is 0.962 bits per heavy atom. The molecule has 3 aromatic heterocycles. The second kappa shape index (κ2) is 14.9. The van der Waals surface area contributed by atoms with E-state index in [-0.39, 0.29) is 24.0 Å². The van der Waals surface area contributed by atoms with Gasteiger partial charge in [0, 0.05) is 50.4 Å². The van der Waals surface area contributed by atoms with Gasteiger partial charge in [-0.1, -0.05) is 67.6 Å². The average molecular weight is 706 g/mol. The van der Waals surface area contributed by atoms with Gasteiger partial charge in [-0.3, -0.25) is 4.68 Å². The molecule has 0 radical (unpaired) electrons. The summed E-state index contributed by atoms with van der Waals surface area (Å²) in [5, 5.41) is 40.3. The van der Waals surface area contributed by atoms with Crippen LogP contribution in [0.25, 0.3) is 11.2 Å². The number of carbonyl (C=O) groups is 1. The summed E-state index contributed by atoms with van der Waals surface area (Å²) in [5.41, 5.74) is 4.58. The number of aromatic nitrogens is 6. The van der Waals surface area contributed by atoms with Crippen molar-refractivity contribution in [3.05, 3.63) is 96.1 Å². The number of imidazole rings is 1. The van der Waals surface area contributed by atoms with Gasteiger partial charge in [-0.05, 0) is 48.9 Å². The van der Waals surface area contributed by atoms with Gasteiger partial charge in [-0.15, -0.1) is 0 Å². The maximum Gasteiger partial charge on any atom is 0.315 e. The lowest BCUT2D eigenvalue weighted by Crippen LogP contribution is -2.47. The topological polar surface area (TPSA) is 170 Å². The van der Waals surface area contributed by atoms with Crippen LogP contribution in [0.1, 0.15) is 60.9 Å². The Morgan fingerprint density at radius 2 is 1.69 bits per heavy atom. The molecule has 2 aliphatic heterocycles. The number of hydrogen-bond acceptors (Lipinski definition) is 10. The molecule has 2 saturated heterocycles. The summed E-state index contributed by atoms with van der Waals surface area (Å²) in [6, 6.07) is 19.8. The van der Waals surface area contributed by atoms with E-state index in [0.717, 1.165) is 37.9 Å². The number of carbonyl (C=O) groups excluding carboxylic acids is 1. The summed E-state index contributed by atoms with van der Waals surface area (Å²) in [7, 11) is 0. The first kappa shape index (κ1) is 34.1. The fourth-order valence-electron chi connectivity index (χ4n) is 7.93. The van der Waals surface area contributed by atoms with Gasteiger partial charge in [0.15, 0.2) is 17.0 Å². The van der Waals surface area contributed by atoms with E-state index in [0.29, 0.717) is 49.0 Å². The fourth-order valence-corrected chi connectivity index (χ4v) is 7.93. The van der Waals surface area contributed by atoms with E-state index >= 15 is 0 Å². The second-order valence-electron chi connectivity index (χ2n) is 14.2. The van der Waals surface area contributed by atoms with Crippen molar-refractivity contribution in [3.63, 3.8) is 0 Å². The van der Waals surface area contributed by atoms with Crippen LogP contribution in [0.15, 0.2) is 79.4 Å². The minimum atomic E-state index is -1.05. The number of aryl methyl sites for hydroxylation is 1. The molecule has 14 heteroatoms. The number of aliphatic hydroxyl groups is 2. The first-order valence-corrected chi connectivity index (χ1v) is 18.4. The number of nitrogens with one attached hydrogen (secondary N) is 4. The molecule has 3 aliphatic rings. The van der Waals surface area contributed by atoms with Crippen molar-refractivity contribution in [2.24, 2.45) is 0 Å². The highest BCUT2D eigenvalue weighted by Crippen LogP contribution is 2.40. The number of fused-ring (bicyclic) bond motifs is 1. The molecule has 6 atom stereocenters. The Bertz CT molecular complexity index is 1920. The molecule has 0 unspecified atom stereocenters. The zero-order valence-electron chi connectivity index (χ0n) is 29.3. The van der Waals surface area contributed by atoms with Crippen molar-refractivity contribution >= 4 is 29.0 Å². The lowest BCUT2D eigenvalue weighted by atomic mass is 9.91. The zero-order chi connectivity index (χ0) is 35.6. The van der Waals surface area contributed by atoms with Crippen molar-refractivity contribution in [1.82, 2.24) is 45.2 Å². The van der Waals surface area contributed by atoms with Gasteiger partial charge in [-0.2, -0.15) is 15.1 Å².